The van der Waals surface area contributed by atoms with Crippen LogP contribution in [-0.4, -0.2) is 32.5 Å². The van der Waals surface area contributed by atoms with E-state index in [1.807, 2.05) is 12.1 Å². The number of pyridine rings is 1. The highest BCUT2D eigenvalue weighted by atomic mass is 32.2. The average molecular weight is 267 g/mol. The summed E-state index contributed by atoms with van der Waals surface area (Å²) in [5, 5.41) is 19.3. The number of aliphatic hydroxyl groups is 1. The first-order valence-corrected chi connectivity index (χ1v) is 7.06. The first-order chi connectivity index (χ1) is 8.59. The molecule has 18 heavy (non-hydrogen) atoms. The lowest BCUT2D eigenvalue weighted by atomic mass is 9.80. The largest absolute Gasteiger partial charge is 0.481 e. The third-order valence-corrected chi connectivity index (χ3v) is 4.71. The van der Waals surface area contributed by atoms with Crippen molar-refractivity contribution >= 4 is 17.7 Å². The lowest BCUT2D eigenvalue weighted by Crippen LogP contribution is -2.38. The number of carboxylic acid groups (broad SMARTS) is 1. The van der Waals surface area contributed by atoms with Gasteiger partial charge < -0.3 is 10.2 Å². The smallest absolute Gasteiger partial charge is 0.306 e. The topological polar surface area (TPSA) is 70.4 Å². The number of aromatic nitrogens is 1. The summed E-state index contributed by atoms with van der Waals surface area (Å²) >= 11 is 1.60. The molecule has 1 fully saturated rings. The van der Waals surface area contributed by atoms with Gasteiger partial charge in [0.1, 0.15) is 0 Å². The molecule has 0 unspecified atom stereocenters. The molecule has 0 atom stereocenters. The van der Waals surface area contributed by atoms with Crippen molar-refractivity contribution in [2.24, 2.45) is 5.92 Å². The fourth-order valence-corrected chi connectivity index (χ4v) is 3.24. The van der Waals surface area contributed by atoms with Crippen molar-refractivity contribution in [3.63, 3.8) is 0 Å². The zero-order chi connectivity index (χ0) is 13.0. The highest BCUT2D eigenvalue weighted by Gasteiger charge is 2.35. The summed E-state index contributed by atoms with van der Waals surface area (Å²) in [6, 6.07) is 3.83. The molecule has 1 heterocycles. The molecular weight excluding hydrogens is 250 g/mol. The first-order valence-electron chi connectivity index (χ1n) is 6.07. The van der Waals surface area contributed by atoms with Crippen molar-refractivity contribution in [3.05, 3.63) is 24.5 Å². The van der Waals surface area contributed by atoms with E-state index in [9.17, 15) is 9.90 Å². The van der Waals surface area contributed by atoms with E-state index in [0.717, 1.165) is 4.90 Å². The molecule has 1 aliphatic carbocycles. The van der Waals surface area contributed by atoms with E-state index in [0.29, 0.717) is 31.4 Å². The van der Waals surface area contributed by atoms with Crippen LogP contribution in [0.2, 0.25) is 0 Å². The van der Waals surface area contributed by atoms with Crippen molar-refractivity contribution < 1.29 is 15.0 Å². The van der Waals surface area contributed by atoms with Gasteiger partial charge >= 0.3 is 5.97 Å². The van der Waals surface area contributed by atoms with Gasteiger partial charge in [-0.1, -0.05) is 0 Å². The van der Waals surface area contributed by atoms with Gasteiger partial charge in [-0.2, -0.15) is 0 Å². The second-order valence-corrected chi connectivity index (χ2v) is 5.86. The molecule has 0 aliphatic heterocycles. The molecule has 0 amide bonds. The van der Waals surface area contributed by atoms with E-state index in [1.54, 1.807) is 24.2 Å². The van der Waals surface area contributed by atoms with E-state index in [1.165, 1.54) is 0 Å². The SMILES string of the molecule is O=C(O)C1CCC(O)(CSc2ccncc2)CC1. The molecule has 1 aliphatic rings. The zero-order valence-corrected chi connectivity index (χ0v) is 10.9. The fourth-order valence-electron chi connectivity index (χ4n) is 2.20. The Morgan fingerprint density at radius 1 is 1.39 bits per heavy atom. The number of carboxylic acids is 1. The fraction of sp³-hybridized carbons (Fsp3) is 0.538. The molecule has 1 saturated carbocycles. The minimum absolute atomic E-state index is 0.281. The minimum atomic E-state index is -0.737. The van der Waals surface area contributed by atoms with E-state index in [4.69, 9.17) is 5.11 Å². The third-order valence-electron chi connectivity index (χ3n) is 3.42. The van der Waals surface area contributed by atoms with Gasteiger partial charge in [-0.25, -0.2) is 0 Å². The van der Waals surface area contributed by atoms with E-state index in [-0.39, 0.29) is 5.92 Å². The maximum absolute atomic E-state index is 10.9. The van der Waals surface area contributed by atoms with Crippen molar-refractivity contribution in [3.8, 4) is 0 Å². The summed E-state index contributed by atoms with van der Waals surface area (Å²) in [5.74, 6) is -0.404. The predicted molar refractivity (Wildman–Crippen MR) is 69.5 cm³/mol. The van der Waals surface area contributed by atoms with Crippen LogP contribution in [0.3, 0.4) is 0 Å². The molecule has 0 radical (unpaired) electrons. The van der Waals surface area contributed by atoms with Gasteiger partial charge in [0.2, 0.25) is 0 Å². The van der Waals surface area contributed by atoms with Crippen molar-refractivity contribution in [1.82, 2.24) is 4.98 Å². The number of nitrogens with zero attached hydrogens (tertiary/aromatic N) is 1. The molecule has 0 bridgehead atoms. The monoisotopic (exact) mass is 267 g/mol. The third kappa shape index (κ3) is 3.46. The minimum Gasteiger partial charge on any atom is -0.481 e. The normalized spacial score (nSPS) is 27.9. The molecule has 1 aromatic rings. The average Bonchev–Trinajstić information content (AvgIpc) is 2.38. The maximum atomic E-state index is 10.9. The van der Waals surface area contributed by atoms with Gasteiger partial charge in [-0.3, -0.25) is 9.78 Å². The summed E-state index contributed by atoms with van der Waals surface area (Å²) in [6.07, 6.45) is 5.75. The molecular formula is C13H17NO3S. The molecule has 98 valence electrons. The molecule has 4 nitrogen and oxygen atoms in total. The molecule has 0 saturated heterocycles. The first kappa shape index (κ1) is 13.4. The van der Waals surface area contributed by atoms with Crippen LogP contribution >= 0.6 is 11.8 Å². The Hall–Kier alpha value is -1.07. The predicted octanol–water partition coefficient (Wildman–Crippen LogP) is 2.18. The summed E-state index contributed by atoms with van der Waals surface area (Å²) in [6.45, 7) is 0. The van der Waals surface area contributed by atoms with Gasteiger partial charge in [0.15, 0.2) is 0 Å². The number of thioether (sulfide) groups is 1. The van der Waals surface area contributed by atoms with E-state index >= 15 is 0 Å². The number of hydrogen-bond donors (Lipinski definition) is 2. The molecule has 0 aromatic carbocycles. The number of rotatable bonds is 4. The number of hydrogen-bond acceptors (Lipinski definition) is 4. The van der Waals surface area contributed by atoms with Crippen LogP contribution in [0.1, 0.15) is 25.7 Å². The Labute approximate surface area is 110 Å². The maximum Gasteiger partial charge on any atom is 0.306 e. The second kappa shape index (κ2) is 5.71. The van der Waals surface area contributed by atoms with Crippen LogP contribution in [0.5, 0.6) is 0 Å². The zero-order valence-electron chi connectivity index (χ0n) is 10.1. The van der Waals surface area contributed by atoms with Crippen LogP contribution in [0, 0.1) is 5.92 Å². The number of aliphatic carboxylic acids is 1. The van der Waals surface area contributed by atoms with Gasteiger partial charge in [0.25, 0.3) is 0 Å². The summed E-state index contributed by atoms with van der Waals surface area (Å²) in [7, 11) is 0. The number of carbonyl (C=O) groups is 1. The Balaban J connectivity index is 1.85. The molecule has 5 heteroatoms. The molecule has 0 spiro atoms. The lowest BCUT2D eigenvalue weighted by molar-refractivity contribution is -0.144. The molecule has 2 rings (SSSR count). The second-order valence-electron chi connectivity index (χ2n) is 4.81. The quantitative estimate of drug-likeness (QED) is 0.818. The van der Waals surface area contributed by atoms with Crippen LogP contribution in [0.25, 0.3) is 0 Å². The summed E-state index contributed by atoms with van der Waals surface area (Å²) in [4.78, 5) is 15.9. The van der Waals surface area contributed by atoms with Crippen LogP contribution < -0.4 is 0 Å². The van der Waals surface area contributed by atoms with Gasteiger partial charge in [-0.15, -0.1) is 11.8 Å². The Kier molecular flexibility index (Phi) is 4.24. The highest BCUT2D eigenvalue weighted by Crippen LogP contribution is 2.36. The van der Waals surface area contributed by atoms with Crippen LogP contribution in [0.15, 0.2) is 29.4 Å². The van der Waals surface area contributed by atoms with Crippen molar-refractivity contribution in [2.45, 2.75) is 36.2 Å². The van der Waals surface area contributed by atoms with E-state index < -0.39 is 11.6 Å². The van der Waals surface area contributed by atoms with Crippen LogP contribution in [-0.2, 0) is 4.79 Å². The van der Waals surface area contributed by atoms with Gasteiger partial charge in [0, 0.05) is 23.0 Å². The highest BCUT2D eigenvalue weighted by molar-refractivity contribution is 7.99. The Morgan fingerprint density at radius 2 is 2.00 bits per heavy atom. The van der Waals surface area contributed by atoms with E-state index in [2.05, 4.69) is 4.98 Å². The Bertz CT molecular complexity index is 402. The standard InChI is InChI=1S/C13H17NO3S/c15-12(16)10-1-5-13(17,6-2-10)9-18-11-3-7-14-8-4-11/h3-4,7-8,10,17H,1-2,5-6,9H2,(H,15,16). The Morgan fingerprint density at radius 3 is 2.56 bits per heavy atom. The molecule has 1 aromatic heterocycles. The van der Waals surface area contributed by atoms with Gasteiger partial charge in [-0.05, 0) is 37.8 Å². The van der Waals surface area contributed by atoms with Crippen molar-refractivity contribution in [1.29, 1.82) is 0 Å². The summed E-state index contributed by atoms with van der Waals surface area (Å²) in [5.41, 5.74) is -0.722. The lowest BCUT2D eigenvalue weighted by Gasteiger charge is -2.34. The van der Waals surface area contributed by atoms with Crippen molar-refractivity contribution in [2.75, 3.05) is 5.75 Å². The molecule has 2 N–H and O–H groups in total. The van der Waals surface area contributed by atoms with Gasteiger partial charge in [0.05, 0.1) is 11.5 Å². The van der Waals surface area contributed by atoms with Crippen LogP contribution in [0.4, 0.5) is 0 Å². The summed E-state index contributed by atoms with van der Waals surface area (Å²) < 4.78 is 0.